The number of carbonyl (C=O) groups is 1. The van der Waals surface area contributed by atoms with Crippen LogP contribution in [0.15, 0.2) is 22.7 Å². The number of hydrogen-bond donors (Lipinski definition) is 1. The van der Waals surface area contributed by atoms with Gasteiger partial charge in [0.25, 0.3) is 0 Å². The molecule has 0 radical (unpaired) electrons. The first-order valence-electron chi connectivity index (χ1n) is 8.04. The maximum absolute atomic E-state index is 12.6. The number of benzene rings is 1. The lowest BCUT2D eigenvalue weighted by atomic mass is 9.68. The minimum absolute atomic E-state index is 0.176. The Morgan fingerprint density at radius 3 is 2.77 bits per heavy atom. The first-order chi connectivity index (χ1) is 10.7. The smallest absolute Gasteiger partial charge is 0.229 e. The van der Waals surface area contributed by atoms with Crippen molar-refractivity contribution in [2.45, 2.75) is 38.5 Å². The van der Waals surface area contributed by atoms with Crippen LogP contribution in [0.1, 0.15) is 38.5 Å². The molecule has 1 N–H and O–H groups in total. The molecule has 0 aliphatic heterocycles. The van der Waals surface area contributed by atoms with Crippen LogP contribution in [-0.2, 0) is 4.79 Å². The van der Waals surface area contributed by atoms with Crippen molar-refractivity contribution in [3.8, 4) is 0 Å². The summed E-state index contributed by atoms with van der Waals surface area (Å²) in [6.45, 7) is 0. The van der Waals surface area contributed by atoms with E-state index >= 15 is 0 Å². The number of aromatic nitrogens is 1. The second-order valence-electron chi connectivity index (χ2n) is 6.69. The number of hydrogen-bond acceptors (Lipinski definition) is 3. The zero-order valence-electron chi connectivity index (χ0n) is 12.3. The van der Waals surface area contributed by atoms with Crippen LogP contribution in [-0.4, -0.2) is 10.9 Å². The number of nitrogens with one attached hydrogen (secondary N) is 1. The van der Waals surface area contributed by atoms with E-state index < -0.39 is 0 Å². The van der Waals surface area contributed by atoms with Gasteiger partial charge >= 0.3 is 0 Å². The molecular formula is C17H19BrN2OS. The molecule has 1 aromatic heterocycles. The second-order valence-corrected chi connectivity index (χ2v) is 8.63. The molecular weight excluding hydrogens is 360 g/mol. The molecule has 2 bridgehead atoms. The molecule has 0 spiro atoms. The normalized spacial score (nSPS) is 27.8. The fourth-order valence-corrected chi connectivity index (χ4v) is 5.53. The quantitative estimate of drug-likeness (QED) is 0.778. The molecule has 5 heteroatoms. The lowest BCUT2D eigenvalue weighted by Crippen LogP contribution is -2.33. The van der Waals surface area contributed by atoms with E-state index in [1.807, 2.05) is 18.2 Å². The van der Waals surface area contributed by atoms with Gasteiger partial charge in [0.2, 0.25) is 5.91 Å². The molecule has 2 aromatic rings. The van der Waals surface area contributed by atoms with Crippen LogP contribution in [0.4, 0.5) is 5.13 Å². The van der Waals surface area contributed by atoms with E-state index in [0.717, 1.165) is 44.5 Å². The number of rotatable bonds is 2. The van der Waals surface area contributed by atoms with Crippen LogP contribution in [0.25, 0.3) is 10.2 Å². The number of fused-ring (bicyclic) bond motifs is 3. The summed E-state index contributed by atoms with van der Waals surface area (Å²) in [4.78, 5) is 17.1. The van der Waals surface area contributed by atoms with E-state index in [4.69, 9.17) is 0 Å². The minimum atomic E-state index is 0.176. The van der Waals surface area contributed by atoms with Gasteiger partial charge in [-0.1, -0.05) is 46.5 Å². The van der Waals surface area contributed by atoms with E-state index in [9.17, 15) is 4.79 Å². The van der Waals surface area contributed by atoms with Crippen molar-refractivity contribution >= 4 is 48.5 Å². The number of anilines is 1. The fourth-order valence-electron chi connectivity index (χ4n) is 4.10. The molecule has 1 heterocycles. The van der Waals surface area contributed by atoms with Gasteiger partial charge in [0.1, 0.15) is 0 Å². The number of thiazole rings is 1. The highest BCUT2D eigenvalue weighted by Crippen LogP contribution is 2.43. The third kappa shape index (κ3) is 2.93. The zero-order chi connectivity index (χ0) is 15.1. The third-order valence-corrected chi connectivity index (χ3v) is 6.51. The zero-order valence-corrected chi connectivity index (χ0v) is 14.8. The number of carbonyl (C=O) groups excluding carboxylic acids is 1. The average Bonchev–Trinajstić information content (AvgIpc) is 2.88. The standard InChI is InChI=1S/C17H19BrN2OS/c18-13-4-5-14-15(9-13)22-17(19-14)20-16(21)12-7-10-2-1-3-11(6-10)8-12/h4-5,9-12H,1-3,6-8H2,(H,19,20,21). The van der Waals surface area contributed by atoms with Crippen LogP contribution in [0, 0.1) is 17.8 Å². The minimum Gasteiger partial charge on any atom is -0.302 e. The predicted octanol–water partition coefficient (Wildman–Crippen LogP) is 5.21. The van der Waals surface area contributed by atoms with Crippen molar-refractivity contribution < 1.29 is 4.79 Å². The van der Waals surface area contributed by atoms with Gasteiger partial charge in [-0.3, -0.25) is 4.79 Å². The first-order valence-corrected chi connectivity index (χ1v) is 9.65. The Kier molecular flexibility index (Phi) is 3.95. The molecule has 0 saturated heterocycles. The van der Waals surface area contributed by atoms with Gasteiger partial charge in [0, 0.05) is 10.4 Å². The number of amides is 1. The Morgan fingerprint density at radius 1 is 1.23 bits per heavy atom. The van der Waals surface area contributed by atoms with Crippen molar-refractivity contribution in [3.05, 3.63) is 22.7 Å². The van der Waals surface area contributed by atoms with Gasteiger partial charge in [0.05, 0.1) is 10.2 Å². The summed E-state index contributed by atoms with van der Waals surface area (Å²) >= 11 is 5.03. The fraction of sp³-hybridized carbons (Fsp3) is 0.529. The van der Waals surface area contributed by atoms with Gasteiger partial charge < -0.3 is 5.32 Å². The number of halogens is 1. The predicted molar refractivity (Wildman–Crippen MR) is 94.1 cm³/mol. The topological polar surface area (TPSA) is 42.0 Å². The lowest BCUT2D eigenvalue weighted by molar-refractivity contribution is -0.122. The van der Waals surface area contributed by atoms with Gasteiger partial charge in [-0.2, -0.15) is 0 Å². The largest absolute Gasteiger partial charge is 0.302 e. The molecule has 22 heavy (non-hydrogen) atoms. The molecule has 2 saturated carbocycles. The Morgan fingerprint density at radius 2 is 2.00 bits per heavy atom. The van der Waals surface area contributed by atoms with E-state index in [-0.39, 0.29) is 11.8 Å². The summed E-state index contributed by atoms with van der Waals surface area (Å²) in [6, 6.07) is 6.01. The van der Waals surface area contributed by atoms with Gasteiger partial charge in [0.15, 0.2) is 5.13 Å². The molecule has 2 unspecified atom stereocenters. The van der Waals surface area contributed by atoms with Crippen molar-refractivity contribution in [2.24, 2.45) is 17.8 Å². The molecule has 2 fully saturated rings. The summed E-state index contributed by atoms with van der Waals surface area (Å²) in [7, 11) is 0. The Labute approximate surface area is 142 Å². The molecule has 4 rings (SSSR count). The van der Waals surface area contributed by atoms with E-state index in [2.05, 4.69) is 26.2 Å². The van der Waals surface area contributed by atoms with Crippen molar-refractivity contribution in [2.75, 3.05) is 5.32 Å². The van der Waals surface area contributed by atoms with Crippen LogP contribution in [0.5, 0.6) is 0 Å². The SMILES string of the molecule is O=C(Nc1nc2ccc(Br)cc2s1)C1CC2CCCC(C2)C1. The number of nitrogens with zero attached hydrogens (tertiary/aromatic N) is 1. The molecule has 2 atom stereocenters. The monoisotopic (exact) mass is 378 g/mol. The van der Waals surface area contributed by atoms with Crippen molar-refractivity contribution in [3.63, 3.8) is 0 Å². The molecule has 2 aliphatic carbocycles. The Hall–Kier alpha value is -0.940. The molecule has 116 valence electrons. The molecule has 3 nitrogen and oxygen atoms in total. The van der Waals surface area contributed by atoms with Crippen molar-refractivity contribution in [1.29, 1.82) is 0 Å². The summed E-state index contributed by atoms with van der Waals surface area (Å²) in [5.74, 6) is 1.90. The molecule has 2 aliphatic rings. The highest BCUT2D eigenvalue weighted by atomic mass is 79.9. The highest BCUT2D eigenvalue weighted by Gasteiger charge is 2.35. The van der Waals surface area contributed by atoms with E-state index in [0.29, 0.717) is 0 Å². The van der Waals surface area contributed by atoms with Gasteiger partial charge in [-0.05, 0) is 49.3 Å². The van der Waals surface area contributed by atoms with E-state index in [1.165, 1.54) is 25.7 Å². The van der Waals surface area contributed by atoms with Gasteiger partial charge in [-0.25, -0.2) is 4.98 Å². The maximum Gasteiger partial charge on any atom is 0.229 e. The summed E-state index contributed by atoms with van der Waals surface area (Å²) < 4.78 is 2.15. The van der Waals surface area contributed by atoms with Crippen LogP contribution < -0.4 is 5.32 Å². The molecule has 1 aromatic carbocycles. The summed E-state index contributed by atoms with van der Waals surface area (Å²) in [6.07, 6.45) is 7.47. The van der Waals surface area contributed by atoms with E-state index in [1.54, 1.807) is 11.3 Å². The first kappa shape index (κ1) is 14.6. The maximum atomic E-state index is 12.6. The summed E-state index contributed by atoms with van der Waals surface area (Å²) in [5, 5.41) is 3.79. The second kappa shape index (κ2) is 5.93. The van der Waals surface area contributed by atoms with Crippen LogP contribution >= 0.6 is 27.3 Å². The average molecular weight is 379 g/mol. The highest BCUT2D eigenvalue weighted by molar-refractivity contribution is 9.10. The van der Waals surface area contributed by atoms with Crippen LogP contribution in [0.3, 0.4) is 0 Å². The molecule has 1 amide bonds. The van der Waals surface area contributed by atoms with Gasteiger partial charge in [-0.15, -0.1) is 0 Å². The Balaban J connectivity index is 1.48. The van der Waals surface area contributed by atoms with Crippen LogP contribution in [0.2, 0.25) is 0 Å². The third-order valence-electron chi connectivity index (χ3n) is 5.08. The summed E-state index contributed by atoms with van der Waals surface area (Å²) in [5.41, 5.74) is 0.948. The lowest BCUT2D eigenvalue weighted by Gasteiger charge is -2.38. The Bertz CT molecular complexity index is 702. The van der Waals surface area contributed by atoms with Crippen molar-refractivity contribution in [1.82, 2.24) is 4.98 Å².